The number of ether oxygens (including phenoxy) is 1. The number of esters is 1. The van der Waals surface area contributed by atoms with Crippen LogP contribution in [0.15, 0.2) is 0 Å². The lowest BCUT2D eigenvalue weighted by molar-refractivity contribution is -0.159. The van der Waals surface area contributed by atoms with Crippen molar-refractivity contribution in [3.05, 3.63) is 0 Å². The lowest BCUT2D eigenvalue weighted by Crippen LogP contribution is -2.38. The summed E-state index contributed by atoms with van der Waals surface area (Å²) in [7, 11) is 0. The predicted molar refractivity (Wildman–Crippen MR) is 63.4 cm³/mol. The summed E-state index contributed by atoms with van der Waals surface area (Å²) in [6, 6.07) is 0.364. The molecule has 0 aromatic rings. The third-order valence-corrected chi connectivity index (χ3v) is 4.42. The SMILES string of the molecule is CCC1CCC(NCC2CC(F)(F)C(=O)O2)C1C. The van der Waals surface area contributed by atoms with Crippen LogP contribution in [0, 0.1) is 11.8 Å². The van der Waals surface area contributed by atoms with Gasteiger partial charge in [-0.3, -0.25) is 0 Å². The summed E-state index contributed by atoms with van der Waals surface area (Å²) >= 11 is 0. The second-order valence-electron chi connectivity index (χ2n) is 5.56. The van der Waals surface area contributed by atoms with Gasteiger partial charge in [-0.1, -0.05) is 20.3 Å². The summed E-state index contributed by atoms with van der Waals surface area (Å²) in [5.74, 6) is -3.39. The van der Waals surface area contributed by atoms with Crippen molar-refractivity contribution in [3.8, 4) is 0 Å². The quantitative estimate of drug-likeness (QED) is 0.789. The smallest absolute Gasteiger partial charge is 0.377 e. The zero-order chi connectivity index (χ0) is 13.3. The zero-order valence-electron chi connectivity index (χ0n) is 10.9. The molecule has 1 N–H and O–H groups in total. The Balaban J connectivity index is 1.78. The number of cyclic esters (lactones) is 1. The van der Waals surface area contributed by atoms with Crippen molar-refractivity contribution in [3.63, 3.8) is 0 Å². The van der Waals surface area contributed by atoms with Gasteiger partial charge in [0.2, 0.25) is 0 Å². The standard InChI is InChI=1S/C13H21F2NO2/c1-3-9-4-5-11(8(9)2)16-7-10-6-13(14,15)12(17)18-10/h8-11,16H,3-7H2,1-2H3. The molecule has 4 atom stereocenters. The van der Waals surface area contributed by atoms with E-state index in [0.29, 0.717) is 18.5 Å². The number of halogens is 2. The van der Waals surface area contributed by atoms with Gasteiger partial charge in [-0.25, -0.2) is 4.79 Å². The van der Waals surface area contributed by atoms with Gasteiger partial charge in [-0.2, -0.15) is 8.78 Å². The molecule has 4 unspecified atom stereocenters. The number of alkyl halides is 2. The second-order valence-corrected chi connectivity index (χ2v) is 5.56. The van der Waals surface area contributed by atoms with E-state index >= 15 is 0 Å². The van der Waals surface area contributed by atoms with Crippen LogP contribution in [0.4, 0.5) is 8.78 Å². The molecule has 2 aliphatic rings. The van der Waals surface area contributed by atoms with Gasteiger partial charge >= 0.3 is 11.9 Å². The Bertz CT molecular complexity index is 322. The zero-order valence-corrected chi connectivity index (χ0v) is 10.9. The van der Waals surface area contributed by atoms with Crippen molar-refractivity contribution >= 4 is 5.97 Å². The van der Waals surface area contributed by atoms with Crippen LogP contribution in [0.3, 0.4) is 0 Å². The summed E-state index contributed by atoms with van der Waals surface area (Å²) in [5.41, 5.74) is 0. The molecule has 0 aromatic carbocycles. The molecule has 3 nitrogen and oxygen atoms in total. The van der Waals surface area contributed by atoms with E-state index in [-0.39, 0.29) is 0 Å². The van der Waals surface area contributed by atoms with Crippen molar-refractivity contribution in [1.82, 2.24) is 5.32 Å². The molecule has 104 valence electrons. The molecule has 1 heterocycles. The Morgan fingerprint density at radius 3 is 2.67 bits per heavy atom. The molecule has 0 bridgehead atoms. The van der Waals surface area contributed by atoms with Crippen molar-refractivity contribution in [2.45, 2.75) is 57.6 Å². The van der Waals surface area contributed by atoms with Crippen LogP contribution in [0.1, 0.15) is 39.5 Å². The van der Waals surface area contributed by atoms with E-state index in [1.807, 2.05) is 0 Å². The minimum atomic E-state index is -3.29. The van der Waals surface area contributed by atoms with Gasteiger partial charge in [-0.15, -0.1) is 0 Å². The molecule has 18 heavy (non-hydrogen) atoms. The Hall–Kier alpha value is -0.710. The topological polar surface area (TPSA) is 38.3 Å². The number of carbonyl (C=O) groups excluding carboxylic acids is 1. The molecule has 0 aromatic heterocycles. The summed E-state index contributed by atoms with van der Waals surface area (Å²) in [6.07, 6.45) is 2.26. The van der Waals surface area contributed by atoms with E-state index in [0.717, 1.165) is 18.8 Å². The van der Waals surface area contributed by atoms with E-state index in [2.05, 4.69) is 23.9 Å². The van der Waals surface area contributed by atoms with Crippen LogP contribution in [-0.2, 0) is 9.53 Å². The molecule has 0 radical (unpaired) electrons. The van der Waals surface area contributed by atoms with Crippen LogP contribution in [0.25, 0.3) is 0 Å². The lowest BCUT2D eigenvalue weighted by Gasteiger charge is -2.22. The van der Waals surface area contributed by atoms with E-state index in [1.165, 1.54) is 6.42 Å². The lowest BCUT2D eigenvalue weighted by atomic mass is 9.93. The molecule has 0 amide bonds. The van der Waals surface area contributed by atoms with Crippen molar-refractivity contribution in [2.75, 3.05) is 6.54 Å². The number of hydrogen-bond donors (Lipinski definition) is 1. The van der Waals surface area contributed by atoms with Crippen LogP contribution >= 0.6 is 0 Å². The molecule has 1 saturated heterocycles. The van der Waals surface area contributed by atoms with Gasteiger partial charge in [0.05, 0.1) is 6.42 Å². The van der Waals surface area contributed by atoms with E-state index < -0.39 is 24.4 Å². The normalized spacial score (nSPS) is 39.0. The highest BCUT2D eigenvalue weighted by Gasteiger charge is 2.50. The Labute approximate surface area is 106 Å². The minimum Gasteiger partial charge on any atom is -0.456 e. The summed E-state index contributed by atoms with van der Waals surface area (Å²) in [6.45, 7) is 4.73. The van der Waals surface area contributed by atoms with Gasteiger partial charge in [0.15, 0.2) is 0 Å². The first kappa shape index (κ1) is 13.7. The van der Waals surface area contributed by atoms with E-state index in [1.54, 1.807) is 0 Å². The average molecular weight is 261 g/mol. The third-order valence-electron chi connectivity index (χ3n) is 4.42. The largest absolute Gasteiger partial charge is 0.456 e. The molecular weight excluding hydrogens is 240 g/mol. The highest BCUT2D eigenvalue weighted by Crippen LogP contribution is 2.35. The predicted octanol–water partition coefficient (Wildman–Crippen LogP) is 2.35. The molecule has 2 fully saturated rings. The fraction of sp³-hybridized carbons (Fsp3) is 0.923. The molecule has 2 rings (SSSR count). The first-order chi connectivity index (χ1) is 8.44. The second kappa shape index (κ2) is 5.11. The van der Waals surface area contributed by atoms with Gasteiger partial charge < -0.3 is 10.1 Å². The van der Waals surface area contributed by atoms with Gasteiger partial charge in [0, 0.05) is 12.6 Å². The van der Waals surface area contributed by atoms with E-state index in [4.69, 9.17) is 0 Å². The third kappa shape index (κ3) is 2.66. The van der Waals surface area contributed by atoms with Gasteiger partial charge in [-0.05, 0) is 24.7 Å². The first-order valence-corrected chi connectivity index (χ1v) is 6.76. The maximum absolute atomic E-state index is 13.0. The van der Waals surface area contributed by atoms with Crippen molar-refractivity contribution < 1.29 is 18.3 Å². The highest BCUT2D eigenvalue weighted by molar-refractivity contribution is 5.79. The van der Waals surface area contributed by atoms with Crippen LogP contribution in [-0.4, -0.2) is 30.6 Å². The Kier molecular flexibility index (Phi) is 3.90. The Morgan fingerprint density at radius 1 is 1.44 bits per heavy atom. The summed E-state index contributed by atoms with van der Waals surface area (Å²) in [5, 5.41) is 3.29. The van der Waals surface area contributed by atoms with Gasteiger partial charge in [0.25, 0.3) is 0 Å². The monoisotopic (exact) mass is 261 g/mol. The molecular formula is C13H21F2NO2. The Morgan fingerprint density at radius 2 is 2.17 bits per heavy atom. The molecule has 1 saturated carbocycles. The summed E-state index contributed by atoms with van der Waals surface area (Å²) < 4.78 is 30.6. The molecule has 1 aliphatic heterocycles. The number of rotatable bonds is 4. The van der Waals surface area contributed by atoms with Crippen LogP contribution in [0.2, 0.25) is 0 Å². The maximum Gasteiger partial charge on any atom is 0.377 e. The fourth-order valence-corrected chi connectivity index (χ4v) is 3.16. The highest BCUT2D eigenvalue weighted by atomic mass is 19.3. The fourth-order valence-electron chi connectivity index (χ4n) is 3.16. The molecule has 1 aliphatic carbocycles. The molecule has 5 heteroatoms. The number of hydrogen-bond acceptors (Lipinski definition) is 3. The maximum atomic E-state index is 13.0. The van der Waals surface area contributed by atoms with E-state index in [9.17, 15) is 13.6 Å². The molecule has 0 spiro atoms. The number of carbonyl (C=O) groups is 1. The van der Waals surface area contributed by atoms with Crippen molar-refractivity contribution in [2.24, 2.45) is 11.8 Å². The van der Waals surface area contributed by atoms with Crippen LogP contribution < -0.4 is 5.32 Å². The first-order valence-electron chi connectivity index (χ1n) is 6.76. The number of nitrogens with one attached hydrogen (secondary N) is 1. The summed E-state index contributed by atoms with van der Waals surface area (Å²) in [4.78, 5) is 10.9. The van der Waals surface area contributed by atoms with Crippen LogP contribution in [0.5, 0.6) is 0 Å². The average Bonchev–Trinajstić information content (AvgIpc) is 2.77. The van der Waals surface area contributed by atoms with Gasteiger partial charge in [0.1, 0.15) is 6.10 Å². The minimum absolute atomic E-state index is 0.340. The van der Waals surface area contributed by atoms with Crippen molar-refractivity contribution in [1.29, 1.82) is 0 Å².